The van der Waals surface area contributed by atoms with E-state index in [0.717, 1.165) is 0 Å². The van der Waals surface area contributed by atoms with Gasteiger partial charge in [0.2, 0.25) is 0 Å². The molecule has 2 N–H and O–H groups in total. The lowest BCUT2D eigenvalue weighted by Gasteiger charge is -2.12. The van der Waals surface area contributed by atoms with Crippen molar-refractivity contribution in [3.63, 3.8) is 0 Å². The summed E-state index contributed by atoms with van der Waals surface area (Å²) in [5.41, 5.74) is 0.981. The van der Waals surface area contributed by atoms with Crippen LogP contribution in [0.15, 0.2) is 48.5 Å². The summed E-state index contributed by atoms with van der Waals surface area (Å²) in [6, 6.07) is 13.1. The Morgan fingerprint density at radius 2 is 1.83 bits per heavy atom. The van der Waals surface area contributed by atoms with E-state index in [1.165, 1.54) is 7.11 Å². The number of anilines is 1. The molecular formula is C20H22N2O6S. The van der Waals surface area contributed by atoms with Gasteiger partial charge in [-0.3, -0.25) is 9.59 Å². The van der Waals surface area contributed by atoms with Crippen LogP contribution in [0.3, 0.4) is 0 Å². The molecule has 1 aliphatic heterocycles. The number of para-hydroxylation sites is 1. The van der Waals surface area contributed by atoms with Gasteiger partial charge in [-0.25, -0.2) is 8.42 Å². The first kappa shape index (κ1) is 20.7. The minimum absolute atomic E-state index is 0.0284. The third-order valence-corrected chi connectivity index (χ3v) is 6.20. The molecule has 1 heterocycles. The monoisotopic (exact) mass is 418 g/mol. The molecule has 1 saturated heterocycles. The van der Waals surface area contributed by atoms with Gasteiger partial charge in [-0.1, -0.05) is 12.1 Å². The zero-order valence-electron chi connectivity index (χ0n) is 15.9. The molecule has 1 aliphatic rings. The molecule has 2 aromatic rings. The van der Waals surface area contributed by atoms with Gasteiger partial charge in [0.15, 0.2) is 16.4 Å². The number of amides is 2. The zero-order chi connectivity index (χ0) is 20.9. The fourth-order valence-electron chi connectivity index (χ4n) is 2.99. The maximum absolute atomic E-state index is 12.4. The molecule has 2 amide bonds. The third-order valence-electron chi connectivity index (χ3n) is 4.43. The van der Waals surface area contributed by atoms with Crippen molar-refractivity contribution in [1.29, 1.82) is 0 Å². The maximum atomic E-state index is 12.4. The second-order valence-electron chi connectivity index (χ2n) is 6.63. The largest absolute Gasteiger partial charge is 0.496 e. The zero-order valence-corrected chi connectivity index (χ0v) is 16.7. The lowest BCUT2D eigenvalue weighted by Crippen LogP contribution is -2.38. The normalized spacial score (nSPS) is 17.3. The van der Waals surface area contributed by atoms with Crippen LogP contribution in [-0.4, -0.2) is 51.5 Å². The number of methoxy groups -OCH3 is 1. The minimum atomic E-state index is -3.05. The van der Waals surface area contributed by atoms with E-state index in [4.69, 9.17) is 9.47 Å². The topological polar surface area (TPSA) is 111 Å². The number of nitrogens with one attached hydrogen (secondary N) is 2. The summed E-state index contributed by atoms with van der Waals surface area (Å²) < 4.78 is 33.4. The summed E-state index contributed by atoms with van der Waals surface area (Å²) in [6.07, 6.45) is 0.425. The number of ether oxygens (including phenoxy) is 2. The van der Waals surface area contributed by atoms with E-state index in [1.807, 2.05) is 0 Å². The van der Waals surface area contributed by atoms with E-state index >= 15 is 0 Å². The Bertz CT molecular complexity index is 988. The average molecular weight is 418 g/mol. The average Bonchev–Trinajstić information content (AvgIpc) is 3.05. The Hall–Kier alpha value is -3.07. The molecule has 3 rings (SSSR count). The fourth-order valence-corrected chi connectivity index (χ4v) is 4.67. The van der Waals surface area contributed by atoms with E-state index in [2.05, 4.69) is 10.6 Å². The molecule has 0 aliphatic carbocycles. The number of rotatable bonds is 7. The molecule has 8 nitrogen and oxygen atoms in total. The smallest absolute Gasteiger partial charge is 0.259 e. The van der Waals surface area contributed by atoms with Gasteiger partial charge in [0.25, 0.3) is 11.8 Å². The van der Waals surface area contributed by atoms with Crippen molar-refractivity contribution >= 4 is 27.3 Å². The summed E-state index contributed by atoms with van der Waals surface area (Å²) in [5.74, 6) is 0.323. The number of carbonyl (C=O) groups excluding carboxylic acids is 2. The fraction of sp³-hybridized carbons (Fsp3) is 0.300. The molecule has 1 atom stereocenters. The molecule has 0 spiro atoms. The molecule has 0 radical (unpaired) electrons. The standard InChI is InChI=1S/C20H22N2O6S/c1-27-18-5-3-2-4-17(18)20(24)22-14-6-8-16(9-7-14)28-12-19(23)21-15-10-11-29(25,26)13-15/h2-9,15H,10-13H2,1H3,(H,21,23)(H,22,24). The van der Waals surface area contributed by atoms with E-state index in [9.17, 15) is 18.0 Å². The highest BCUT2D eigenvalue weighted by Gasteiger charge is 2.28. The summed E-state index contributed by atoms with van der Waals surface area (Å²) in [5, 5.41) is 5.43. The van der Waals surface area contributed by atoms with Crippen LogP contribution in [-0.2, 0) is 14.6 Å². The highest BCUT2D eigenvalue weighted by atomic mass is 32.2. The van der Waals surface area contributed by atoms with Gasteiger partial charge >= 0.3 is 0 Å². The van der Waals surface area contributed by atoms with E-state index in [-0.39, 0.29) is 36.0 Å². The lowest BCUT2D eigenvalue weighted by atomic mass is 10.2. The van der Waals surface area contributed by atoms with Crippen molar-refractivity contribution in [2.45, 2.75) is 12.5 Å². The quantitative estimate of drug-likeness (QED) is 0.707. The Kier molecular flexibility index (Phi) is 6.38. The van der Waals surface area contributed by atoms with Crippen LogP contribution in [0.5, 0.6) is 11.5 Å². The van der Waals surface area contributed by atoms with Gasteiger partial charge in [0.1, 0.15) is 11.5 Å². The first-order valence-corrected chi connectivity index (χ1v) is 10.9. The maximum Gasteiger partial charge on any atom is 0.259 e. The number of hydrogen-bond donors (Lipinski definition) is 2. The molecule has 2 aromatic carbocycles. The third kappa shape index (κ3) is 5.71. The van der Waals surface area contributed by atoms with Gasteiger partial charge in [-0.05, 0) is 42.8 Å². The minimum Gasteiger partial charge on any atom is -0.496 e. The number of hydrogen-bond acceptors (Lipinski definition) is 6. The first-order chi connectivity index (χ1) is 13.9. The molecule has 154 valence electrons. The van der Waals surface area contributed by atoms with Crippen LogP contribution in [0.4, 0.5) is 5.69 Å². The van der Waals surface area contributed by atoms with E-state index < -0.39 is 9.84 Å². The summed E-state index contributed by atoms with van der Waals surface area (Å²) in [6.45, 7) is -0.219. The van der Waals surface area contributed by atoms with Crippen LogP contribution in [0.25, 0.3) is 0 Å². The predicted octanol–water partition coefficient (Wildman–Crippen LogP) is 1.63. The molecule has 9 heteroatoms. The Morgan fingerprint density at radius 1 is 1.10 bits per heavy atom. The van der Waals surface area contributed by atoms with Crippen molar-refractivity contribution in [3.8, 4) is 11.5 Å². The van der Waals surface area contributed by atoms with Gasteiger partial charge in [-0.2, -0.15) is 0 Å². The van der Waals surface area contributed by atoms with Crippen molar-refractivity contribution in [2.75, 3.05) is 30.5 Å². The number of sulfone groups is 1. The highest BCUT2D eigenvalue weighted by molar-refractivity contribution is 7.91. The number of carbonyl (C=O) groups is 2. The molecule has 1 fully saturated rings. The van der Waals surface area contributed by atoms with E-state index in [0.29, 0.717) is 29.2 Å². The molecule has 0 bridgehead atoms. The molecule has 1 unspecified atom stereocenters. The molecule has 0 saturated carbocycles. The Morgan fingerprint density at radius 3 is 2.48 bits per heavy atom. The van der Waals surface area contributed by atoms with Crippen molar-refractivity contribution < 1.29 is 27.5 Å². The van der Waals surface area contributed by atoms with Crippen LogP contribution in [0, 0.1) is 0 Å². The Labute approximate surface area is 169 Å². The molecule has 0 aromatic heterocycles. The summed E-state index contributed by atoms with van der Waals surface area (Å²) in [4.78, 5) is 24.3. The second-order valence-corrected chi connectivity index (χ2v) is 8.86. The first-order valence-electron chi connectivity index (χ1n) is 9.03. The molecular weight excluding hydrogens is 396 g/mol. The SMILES string of the molecule is COc1ccccc1C(=O)Nc1ccc(OCC(=O)NC2CCS(=O)(=O)C2)cc1. The summed E-state index contributed by atoms with van der Waals surface area (Å²) >= 11 is 0. The Balaban J connectivity index is 1.50. The van der Waals surface area contributed by atoms with E-state index in [1.54, 1.807) is 48.5 Å². The predicted molar refractivity (Wildman–Crippen MR) is 108 cm³/mol. The lowest BCUT2D eigenvalue weighted by molar-refractivity contribution is -0.123. The van der Waals surface area contributed by atoms with Crippen molar-refractivity contribution in [2.24, 2.45) is 0 Å². The number of benzene rings is 2. The van der Waals surface area contributed by atoms with Crippen molar-refractivity contribution in [3.05, 3.63) is 54.1 Å². The van der Waals surface area contributed by atoms with Gasteiger partial charge < -0.3 is 20.1 Å². The highest BCUT2D eigenvalue weighted by Crippen LogP contribution is 2.21. The van der Waals surface area contributed by atoms with Gasteiger partial charge in [0.05, 0.1) is 24.2 Å². The van der Waals surface area contributed by atoms with Crippen LogP contribution in [0.2, 0.25) is 0 Å². The second kappa shape index (κ2) is 8.95. The summed E-state index contributed by atoms with van der Waals surface area (Å²) in [7, 11) is -1.55. The van der Waals surface area contributed by atoms with Crippen LogP contribution in [0.1, 0.15) is 16.8 Å². The molecule has 29 heavy (non-hydrogen) atoms. The van der Waals surface area contributed by atoms with Gasteiger partial charge in [-0.15, -0.1) is 0 Å². The van der Waals surface area contributed by atoms with Crippen LogP contribution >= 0.6 is 0 Å². The van der Waals surface area contributed by atoms with Crippen LogP contribution < -0.4 is 20.1 Å². The van der Waals surface area contributed by atoms with Crippen molar-refractivity contribution in [1.82, 2.24) is 5.32 Å². The van der Waals surface area contributed by atoms with Gasteiger partial charge in [0, 0.05) is 11.7 Å².